The van der Waals surface area contributed by atoms with Crippen molar-refractivity contribution in [2.75, 3.05) is 38.0 Å². The zero-order valence-corrected chi connectivity index (χ0v) is 19.6. The van der Waals surface area contributed by atoms with Gasteiger partial charge in [-0.15, -0.1) is 0 Å². The topological polar surface area (TPSA) is 81.8 Å². The number of amides is 3. The molecule has 1 atom stereocenters. The third-order valence-electron chi connectivity index (χ3n) is 6.28. The van der Waals surface area contributed by atoms with E-state index in [-0.39, 0.29) is 5.91 Å². The normalized spacial score (nSPS) is 14.9. The first-order valence-corrected chi connectivity index (χ1v) is 11.5. The van der Waals surface area contributed by atoms with E-state index >= 15 is 0 Å². The summed E-state index contributed by atoms with van der Waals surface area (Å²) in [6.45, 7) is 3.03. The van der Waals surface area contributed by atoms with Crippen molar-refractivity contribution < 1.29 is 27.6 Å². The smallest absolute Gasteiger partial charge is 0.254 e. The van der Waals surface area contributed by atoms with Crippen LogP contribution in [-0.2, 0) is 9.59 Å². The lowest BCUT2D eigenvalue weighted by atomic mass is 10.0. The Kier molecular flexibility index (Phi) is 7.54. The summed E-state index contributed by atoms with van der Waals surface area (Å²) in [6, 6.07) is 14.3. The van der Waals surface area contributed by atoms with Crippen molar-refractivity contribution in [3.8, 4) is 0 Å². The molecule has 1 aliphatic rings. The van der Waals surface area contributed by atoms with E-state index in [0.29, 0.717) is 37.8 Å². The Balaban J connectivity index is 1.28. The van der Waals surface area contributed by atoms with Crippen molar-refractivity contribution in [1.29, 1.82) is 0 Å². The van der Waals surface area contributed by atoms with Crippen molar-refractivity contribution in [1.82, 2.24) is 15.1 Å². The minimum absolute atomic E-state index is 0.0651. The quantitative estimate of drug-likeness (QED) is 0.512. The molecule has 1 aliphatic heterocycles. The molecule has 0 aromatic heterocycles. The van der Waals surface area contributed by atoms with E-state index in [9.17, 15) is 27.6 Å². The summed E-state index contributed by atoms with van der Waals surface area (Å²) in [5, 5.41) is 6.45. The zero-order chi connectivity index (χ0) is 25.8. The maximum Gasteiger partial charge on any atom is 0.254 e. The molecule has 1 unspecified atom stereocenters. The van der Waals surface area contributed by atoms with Gasteiger partial charge in [0.1, 0.15) is 0 Å². The molecule has 3 aromatic rings. The lowest BCUT2D eigenvalue weighted by molar-refractivity contribution is -0.128. The molecule has 188 valence electrons. The summed E-state index contributed by atoms with van der Waals surface area (Å²) in [7, 11) is 0. The van der Waals surface area contributed by atoms with Crippen LogP contribution in [0.5, 0.6) is 0 Å². The number of carbonyl (C=O) groups excluding carboxylic acids is 3. The number of carbonyl (C=O) groups is 3. The molecule has 1 fully saturated rings. The second kappa shape index (κ2) is 10.8. The fourth-order valence-electron chi connectivity index (χ4n) is 4.19. The Morgan fingerprint density at radius 3 is 2.33 bits per heavy atom. The van der Waals surface area contributed by atoms with Gasteiger partial charge in [0.05, 0.1) is 18.3 Å². The van der Waals surface area contributed by atoms with Gasteiger partial charge in [-0.25, -0.2) is 13.2 Å². The van der Waals surface area contributed by atoms with Crippen LogP contribution >= 0.6 is 0 Å². The molecule has 0 radical (unpaired) electrons. The summed E-state index contributed by atoms with van der Waals surface area (Å²) in [6.07, 6.45) is 0. The van der Waals surface area contributed by atoms with Crippen LogP contribution in [-0.4, -0.2) is 66.3 Å². The van der Waals surface area contributed by atoms with E-state index in [1.54, 1.807) is 11.8 Å². The number of anilines is 1. The fourth-order valence-corrected chi connectivity index (χ4v) is 4.19. The highest BCUT2D eigenvalue weighted by Crippen LogP contribution is 2.21. The highest BCUT2D eigenvalue weighted by molar-refractivity contribution is 6.07. The molecule has 0 aliphatic carbocycles. The number of piperazine rings is 1. The molecule has 2 N–H and O–H groups in total. The third-order valence-corrected chi connectivity index (χ3v) is 6.28. The summed E-state index contributed by atoms with van der Waals surface area (Å²) in [5.41, 5.74) is 0.115. The molecule has 10 heteroatoms. The number of nitrogens with zero attached hydrogens (tertiary/aromatic N) is 2. The van der Waals surface area contributed by atoms with Crippen LogP contribution in [0.3, 0.4) is 0 Å². The number of rotatable bonds is 6. The van der Waals surface area contributed by atoms with Crippen LogP contribution in [0.15, 0.2) is 54.6 Å². The van der Waals surface area contributed by atoms with E-state index in [0.717, 1.165) is 16.8 Å². The van der Waals surface area contributed by atoms with Gasteiger partial charge in [-0.2, -0.15) is 0 Å². The van der Waals surface area contributed by atoms with Crippen LogP contribution in [0, 0.1) is 17.5 Å². The second-order valence-electron chi connectivity index (χ2n) is 8.52. The van der Waals surface area contributed by atoms with Crippen molar-refractivity contribution in [3.05, 3.63) is 77.6 Å². The summed E-state index contributed by atoms with van der Waals surface area (Å²) >= 11 is 0. The number of halogens is 3. The van der Waals surface area contributed by atoms with Crippen molar-refractivity contribution in [2.45, 2.75) is 13.0 Å². The van der Waals surface area contributed by atoms with E-state index in [2.05, 4.69) is 10.6 Å². The molecule has 1 heterocycles. The van der Waals surface area contributed by atoms with Crippen molar-refractivity contribution >= 4 is 34.2 Å². The molecule has 3 amide bonds. The highest BCUT2D eigenvalue weighted by Gasteiger charge is 2.28. The Morgan fingerprint density at radius 2 is 1.58 bits per heavy atom. The van der Waals surface area contributed by atoms with E-state index < -0.39 is 47.5 Å². The van der Waals surface area contributed by atoms with E-state index in [1.807, 2.05) is 47.4 Å². The predicted molar refractivity (Wildman–Crippen MR) is 129 cm³/mol. The first kappa shape index (κ1) is 25.2. The monoisotopic (exact) mass is 498 g/mol. The first-order chi connectivity index (χ1) is 17.3. The second-order valence-corrected chi connectivity index (χ2v) is 8.52. The molecular formula is C26H25F3N4O3. The minimum Gasteiger partial charge on any atom is -0.346 e. The number of fused-ring (bicyclic) bond motifs is 1. The van der Waals surface area contributed by atoms with Gasteiger partial charge in [-0.3, -0.25) is 19.3 Å². The Morgan fingerprint density at radius 1 is 0.889 bits per heavy atom. The molecular weight excluding hydrogens is 473 g/mol. The van der Waals surface area contributed by atoms with Gasteiger partial charge in [-0.1, -0.05) is 36.4 Å². The SMILES string of the molecule is CC(C(=O)NCC(=O)Nc1ccc(F)c(F)c1F)N1CCN(C(=O)c2cccc3ccccc23)CC1. The summed E-state index contributed by atoms with van der Waals surface area (Å²) in [4.78, 5) is 41.4. The van der Waals surface area contributed by atoms with Crippen molar-refractivity contribution in [3.63, 3.8) is 0 Å². The lowest BCUT2D eigenvalue weighted by Gasteiger charge is -2.37. The number of hydrogen-bond acceptors (Lipinski definition) is 4. The lowest BCUT2D eigenvalue weighted by Crippen LogP contribution is -2.55. The molecule has 7 nitrogen and oxygen atoms in total. The average molecular weight is 499 g/mol. The molecule has 0 spiro atoms. The van der Waals surface area contributed by atoms with Crippen LogP contribution < -0.4 is 10.6 Å². The molecule has 0 saturated carbocycles. The maximum absolute atomic E-state index is 13.7. The van der Waals surface area contributed by atoms with Gasteiger partial charge in [0.15, 0.2) is 17.5 Å². The Hall–Kier alpha value is -3.92. The van der Waals surface area contributed by atoms with Gasteiger partial charge in [0.25, 0.3) is 5.91 Å². The van der Waals surface area contributed by atoms with Gasteiger partial charge in [0, 0.05) is 31.7 Å². The summed E-state index contributed by atoms with van der Waals surface area (Å²) in [5.74, 6) is -5.85. The van der Waals surface area contributed by atoms with Crippen molar-refractivity contribution in [2.24, 2.45) is 0 Å². The summed E-state index contributed by atoms with van der Waals surface area (Å²) < 4.78 is 40.0. The Bertz CT molecular complexity index is 1300. The third kappa shape index (κ3) is 5.33. The van der Waals surface area contributed by atoms with E-state index in [1.165, 1.54) is 0 Å². The van der Waals surface area contributed by atoms with Gasteiger partial charge >= 0.3 is 0 Å². The van der Waals surface area contributed by atoms with Gasteiger partial charge in [-0.05, 0) is 35.9 Å². The van der Waals surface area contributed by atoms with Gasteiger partial charge < -0.3 is 15.5 Å². The average Bonchev–Trinajstić information content (AvgIpc) is 2.91. The largest absolute Gasteiger partial charge is 0.346 e. The first-order valence-electron chi connectivity index (χ1n) is 11.5. The molecule has 0 bridgehead atoms. The number of nitrogens with one attached hydrogen (secondary N) is 2. The highest BCUT2D eigenvalue weighted by atomic mass is 19.2. The van der Waals surface area contributed by atoms with Crippen LogP contribution in [0.4, 0.5) is 18.9 Å². The van der Waals surface area contributed by atoms with Crippen LogP contribution in [0.25, 0.3) is 10.8 Å². The molecule has 4 rings (SSSR count). The maximum atomic E-state index is 13.7. The minimum atomic E-state index is -1.69. The van der Waals surface area contributed by atoms with E-state index in [4.69, 9.17) is 0 Å². The molecule has 3 aromatic carbocycles. The fraction of sp³-hybridized carbons (Fsp3) is 0.269. The number of hydrogen-bond donors (Lipinski definition) is 2. The molecule has 1 saturated heterocycles. The van der Waals surface area contributed by atoms with Crippen LogP contribution in [0.1, 0.15) is 17.3 Å². The van der Waals surface area contributed by atoms with Crippen LogP contribution in [0.2, 0.25) is 0 Å². The zero-order valence-electron chi connectivity index (χ0n) is 19.6. The number of benzene rings is 3. The predicted octanol–water partition coefficient (Wildman–Crippen LogP) is 3.16. The Labute approximate surface area is 205 Å². The van der Waals surface area contributed by atoms with Gasteiger partial charge in [0.2, 0.25) is 11.8 Å². The standard InChI is InChI=1S/C26H25F3N4O3/c1-16(25(35)30-15-22(34)31-21-10-9-20(27)23(28)24(21)29)32-11-13-33(14-12-32)26(36)19-8-4-6-17-5-2-3-7-18(17)19/h2-10,16H,11-15H2,1H3,(H,30,35)(H,31,34). The molecule has 36 heavy (non-hydrogen) atoms.